The summed E-state index contributed by atoms with van der Waals surface area (Å²) in [5.41, 5.74) is 3.04. The predicted octanol–water partition coefficient (Wildman–Crippen LogP) is 4.05. The van der Waals surface area contributed by atoms with E-state index in [-0.39, 0.29) is 0 Å². The van der Waals surface area contributed by atoms with Gasteiger partial charge in [0.1, 0.15) is 17.6 Å². The highest BCUT2D eigenvalue weighted by Gasteiger charge is 2.17. The molecule has 1 N–H and O–H groups in total. The van der Waals surface area contributed by atoms with Crippen molar-refractivity contribution in [3.8, 4) is 0 Å². The van der Waals surface area contributed by atoms with Gasteiger partial charge in [-0.05, 0) is 55.7 Å². The fourth-order valence-corrected chi connectivity index (χ4v) is 2.31. The second kappa shape index (κ2) is 4.67. The third-order valence-corrected chi connectivity index (χ3v) is 3.73. The molecule has 2 rings (SSSR count). The molecular weight excluding hydrogens is 280 g/mol. The first-order valence-electron chi connectivity index (χ1n) is 5.50. The van der Waals surface area contributed by atoms with E-state index in [4.69, 9.17) is 4.42 Å². The minimum absolute atomic E-state index is 0.590. The van der Waals surface area contributed by atoms with Crippen LogP contribution in [0.15, 0.2) is 33.2 Å². The van der Waals surface area contributed by atoms with E-state index in [2.05, 4.69) is 15.9 Å². The van der Waals surface area contributed by atoms with E-state index in [1.165, 1.54) is 0 Å². The highest BCUT2D eigenvalue weighted by atomic mass is 79.9. The molecule has 0 aliphatic carbocycles. The third-order valence-electron chi connectivity index (χ3n) is 2.87. The maximum absolute atomic E-state index is 10.3. The molecule has 0 amide bonds. The molecule has 0 bridgehead atoms. The highest BCUT2D eigenvalue weighted by Crippen LogP contribution is 2.29. The van der Waals surface area contributed by atoms with E-state index in [1.807, 2.05) is 45.0 Å². The summed E-state index contributed by atoms with van der Waals surface area (Å²) >= 11 is 3.48. The van der Waals surface area contributed by atoms with Crippen LogP contribution in [0.1, 0.15) is 34.3 Å². The average Bonchev–Trinajstić information content (AvgIpc) is 2.69. The van der Waals surface area contributed by atoms with Crippen molar-refractivity contribution in [3.63, 3.8) is 0 Å². The second-order valence-corrected chi connectivity index (χ2v) is 5.16. The van der Waals surface area contributed by atoms with Crippen LogP contribution in [0.3, 0.4) is 0 Å². The molecule has 0 aliphatic rings. The van der Waals surface area contributed by atoms with Gasteiger partial charge in [0.25, 0.3) is 0 Å². The molecule has 3 heteroatoms. The van der Waals surface area contributed by atoms with E-state index >= 15 is 0 Å². The van der Waals surface area contributed by atoms with Crippen LogP contribution in [0.25, 0.3) is 0 Å². The normalized spacial score (nSPS) is 12.8. The van der Waals surface area contributed by atoms with Gasteiger partial charge < -0.3 is 9.52 Å². The first kappa shape index (κ1) is 12.4. The van der Waals surface area contributed by atoms with Gasteiger partial charge in [-0.15, -0.1) is 0 Å². The molecule has 1 heterocycles. The Morgan fingerprint density at radius 3 is 2.41 bits per heavy atom. The smallest absolute Gasteiger partial charge is 0.137 e. The van der Waals surface area contributed by atoms with Crippen LogP contribution < -0.4 is 0 Å². The summed E-state index contributed by atoms with van der Waals surface area (Å²) in [7, 11) is 0. The molecule has 0 radical (unpaired) electrons. The minimum Gasteiger partial charge on any atom is -0.463 e. The number of rotatable bonds is 2. The zero-order valence-electron chi connectivity index (χ0n) is 10.1. The molecule has 1 unspecified atom stereocenters. The monoisotopic (exact) mass is 294 g/mol. The highest BCUT2D eigenvalue weighted by molar-refractivity contribution is 9.10. The van der Waals surface area contributed by atoms with Crippen molar-refractivity contribution >= 4 is 15.9 Å². The van der Waals surface area contributed by atoms with Crippen molar-refractivity contribution in [1.82, 2.24) is 0 Å². The Kier molecular flexibility index (Phi) is 3.40. The molecule has 0 aliphatic heterocycles. The van der Waals surface area contributed by atoms with Crippen molar-refractivity contribution in [1.29, 1.82) is 0 Å². The van der Waals surface area contributed by atoms with Gasteiger partial charge in [0.15, 0.2) is 0 Å². The summed E-state index contributed by atoms with van der Waals surface area (Å²) in [4.78, 5) is 0. The molecule has 1 atom stereocenters. The summed E-state index contributed by atoms with van der Waals surface area (Å²) in [6.45, 7) is 5.86. The van der Waals surface area contributed by atoms with Crippen molar-refractivity contribution < 1.29 is 9.52 Å². The Labute approximate surface area is 109 Å². The lowest BCUT2D eigenvalue weighted by Crippen LogP contribution is -2.01. The molecule has 0 saturated carbocycles. The first-order chi connectivity index (χ1) is 7.99. The predicted molar refractivity (Wildman–Crippen MR) is 71.1 cm³/mol. The van der Waals surface area contributed by atoms with Crippen LogP contribution in [-0.4, -0.2) is 5.11 Å². The number of aliphatic hydroxyl groups is 1. The Balaban J connectivity index is 2.43. The Bertz CT molecular complexity index is 543. The van der Waals surface area contributed by atoms with Crippen LogP contribution in [0.4, 0.5) is 0 Å². The minimum atomic E-state index is -0.699. The molecule has 1 aromatic carbocycles. The topological polar surface area (TPSA) is 33.4 Å². The summed E-state index contributed by atoms with van der Waals surface area (Å²) in [6, 6.07) is 7.68. The van der Waals surface area contributed by atoms with Crippen LogP contribution in [0.2, 0.25) is 0 Å². The van der Waals surface area contributed by atoms with Crippen LogP contribution >= 0.6 is 15.9 Å². The number of aliphatic hydroxyl groups excluding tert-OH is 1. The van der Waals surface area contributed by atoms with Crippen LogP contribution in [0, 0.1) is 20.8 Å². The van der Waals surface area contributed by atoms with Crippen molar-refractivity contribution in [2.45, 2.75) is 26.9 Å². The molecule has 90 valence electrons. The molecule has 0 fully saturated rings. The summed E-state index contributed by atoms with van der Waals surface area (Å²) in [5, 5.41) is 10.3. The molecule has 17 heavy (non-hydrogen) atoms. The van der Waals surface area contributed by atoms with E-state index in [1.54, 1.807) is 0 Å². The Morgan fingerprint density at radius 1 is 1.12 bits per heavy atom. The van der Waals surface area contributed by atoms with Crippen molar-refractivity contribution in [2.24, 2.45) is 0 Å². The van der Waals surface area contributed by atoms with Gasteiger partial charge in [-0.2, -0.15) is 0 Å². The largest absolute Gasteiger partial charge is 0.463 e. The number of hydrogen-bond acceptors (Lipinski definition) is 2. The standard InChI is InChI=1S/C14H15BrO2/c1-8-7-12(15)9(2)6-11(8)14(16)13-5-4-10(3)17-13/h4-7,14,16H,1-3H3. The number of halogens is 1. The van der Waals surface area contributed by atoms with E-state index in [0.717, 1.165) is 26.9 Å². The average molecular weight is 295 g/mol. The summed E-state index contributed by atoms with van der Waals surface area (Å²) < 4.78 is 6.52. The first-order valence-corrected chi connectivity index (χ1v) is 6.29. The van der Waals surface area contributed by atoms with Crippen LogP contribution in [0.5, 0.6) is 0 Å². The van der Waals surface area contributed by atoms with Gasteiger partial charge in [0.05, 0.1) is 0 Å². The number of benzene rings is 1. The van der Waals surface area contributed by atoms with Gasteiger partial charge in [0, 0.05) is 4.47 Å². The summed E-state index contributed by atoms with van der Waals surface area (Å²) in [6.07, 6.45) is -0.699. The van der Waals surface area contributed by atoms with Crippen molar-refractivity contribution in [3.05, 3.63) is 56.9 Å². The molecule has 2 nitrogen and oxygen atoms in total. The van der Waals surface area contributed by atoms with Gasteiger partial charge >= 0.3 is 0 Å². The van der Waals surface area contributed by atoms with E-state index < -0.39 is 6.10 Å². The van der Waals surface area contributed by atoms with E-state index in [0.29, 0.717) is 5.76 Å². The Morgan fingerprint density at radius 2 is 1.82 bits per heavy atom. The lowest BCUT2D eigenvalue weighted by Gasteiger charge is -2.13. The lowest BCUT2D eigenvalue weighted by atomic mass is 9.99. The quantitative estimate of drug-likeness (QED) is 0.906. The zero-order valence-corrected chi connectivity index (χ0v) is 11.7. The maximum atomic E-state index is 10.3. The lowest BCUT2D eigenvalue weighted by molar-refractivity contribution is 0.187. The van der Waals surface area contributed by atoms with Gasteiger partial charge in [0.2, 0.25) is 0 Å². The fourth-order valence-electron chi connectivity index (χ4n) is 1.85. The maximum Gasteiger partial charge on any atom is 0.137 e. The Hall–Kier alpha value is -1.06. The fraction of sp³-hybridized carbons (Fsp3) is 0.286. The summed E-state index contributed by atoms with van der Waals surface area (Å²) in [5.74, 6) is 1.40. The van der Waals surface area contributed by atoms with Crippen molar-refractivity contribution in [2.75, 3.05) is 0 Å². The SMILES string of the molecule is Cc1ccc(C(O)c2cc(C)c(Br)cc2C)o1. The number of hydrogen-bond donors (Lipinski definition) is 1. The number of furan rings is 1. The second-order valence-electron chi connectivity index (χ2n) is 4.31. The van der Waals surface area contributed by atoms with Gasteiger partial charge in [-0.1, -0.05) is 22.0 Å². The number of aryl methyl sites for hydroxylation is 3. The van der Waals surface area contributed by atoms with E-state index in [9.17, 15) is 5.11 Å². The zero-order chi connectivity index (χ0) is 12.6. The molecule has 1 aromatic heterocycles. The van der Waals surface area contributed by atoms with Crippen LogP contribution in [-0.2, 0) is 0 Å². The third kappa shape index (κ3) is 2.45. The molecule has 0 saturated heterocycles. The molecular formula is C14H15BrO2. The van der Waals surface area contributed by atoms with Gasteiger partial charge in [-0.25, -0.2) is 0 Å². The van der Waals surface area contributed by atoms with Gasteiger partial charge in [-0.3, -0.25) is 0 Å². The molecule has 0 spiro atoms. The molecule has 2 aromatic rings.